The molecule has 0 aliphatic carbocycles. The van der Waals surface area contributed by atoms with Gasteiger partial charge in [-0.05, 0) is 31.2 Å². The average Bonchev–Trinajstić information content (AvgIpc) is 2.77. The van der Waals surface area contributed by atoms with Crippen LogP contribution in [-0.4, -0.2) is 14.8 Å². The highest BCUT2D eigenvalue weighted by molar-refractivity contribution is 6.35. The lowest BCUT2D eigenvalue weighted by molar-refractivity contribution is 0.756. The summed E-state index contributed by atoms with van der Waals surface area (Å²) in [6.07, 6.45) is 3.80. The van der Waals surface area contributed by atoms with Crippen molar-refractivity contribution in [1.29, 1.82) is 0 Å². The smallest absolute Gasteiger partial charge is 0.0948 e. The average molecular weight is 287 g/mol. The number of aromatic nitrogens is 3. The zero-order valence-electron chi connectivity index (χ0n) is 11.4. The van der Waals surface area contributed by atoms with E-state index in [1.165, 1.54) is 5.56 Å². The van der Waals surface area contributed by atoms with E-state index >= 15 is 0 Å². The third-order valence-electron chi connectivity index (χ3n) is 3.30. The van der Waals surface area contributed by atoms with E-state index in [0.717, 1.165) is 27.3 Å². The van der Waals surface area contributed by atoms with Crippen LogP contribution in [0.1, 0.15) is 11.3 Å². The Morgan fingerprint density at radius 1 is 1.30 bits per heavy atom. The molecule has 1 aromatic carbocycles. The molecule has 0 saturated heterocycles. The summed E-state index contributed by atoms with van der Waals surface area (Å²) in [5, 5.41) is 9.43. The second-order valence-corrected chi connectivity index (χ2v) is 5.17. The van der Waals surface area contributed by atoms with Gasteiger partial charge in [-0.2, -0.15) is 5.10 Å². The fourth-order valence-corrected chi connectivity index (χ4v) is 2.51. The van der Waals surface area contributed by atoms with Gasteiger partial charge in [0.15, 0.2) is 0 Å². The first kappa shape index (κ1) is 12.9. The molecule has 20 heavy (non-hydrogen) atoms. The number of pyridine rings is 1. The van der Waals surface area contributed by atoms with Gasteiger partial charge in [-0.1, -0.05) is 11.6 Å². The molecule has 0 atom stereocenters. The predicted molar refractivity (Wildman–Crippen MR) is 82.0 cm³/mol. The monoisotopic (exact) mass is 286 g/mol. The first-order valence-corrected chi connectivity index (χ1v) is 6.79. The molecule has 1 N–H and O–H groups in total. The molecule has 0 spiro atoms. The molecule has 0 saturated carbocycles. The topological polar surface area (TPSA) is 42.7 Å². The molecule has 5 heteroatoms. The summed E-state index contributed by atoms with van der Waals surface area (Å²) in [7, 11) is 1.93. The van der Waals surface area contributed by atoms with Crippen LogP contribution in [0.4, 0.5) is 5.69 Å². The molecule has 2 heterocycles. The first-order valence-electron chi connectivity index (χ1n) is 6.41. The summed E-state index contributed by atoms with van der Waals surface area (Å²) in [6.45, 7) is 2.72. The lowest BCUT2D eigenvalue weighted by Crippen LogP contribution is -2.01. The van der Waals surface area contributed by atoms with Crippen molar-refractivity contribution in [3.8, 4) is 0 Å². The second-order valence-electron chi connectivity index (χ2n) is 4.76. The molecule has 3 rings (SSSR count). The molecule has 0 aliphatic rings. The Bertz CT molecular complexity index is 764. The molecule has 0 unspecified atom stereocenters. The van der Waals surface area contributed by atoms with Gasteiger partial charge in [0.05, 0.1) is 21.9 Å². The molecule has 0 fully saturated rings. The Morgan fingerprint density at radius 3 is 2.90 bits per heavy atom. The third-order valence-corrected chi connectivity index (χ3v) is 3.63. The van der Waals surface area contributed by atoms with E-state index in [2.05, 4.69) is 15.4 Å². The molecule has 0 bridgehead atoms. The Balaban J connectivity index is 1.92. The largest absolute Gasteiger partial charge is 0.379 e. The van der Waals surface area contributed by atoms with Crippen LogP contribution in [0.25, 0.3) is 10.9 Å². The van der Waals surface area contributed by atoms with Gasteiger partial charge in [-0.25, -0.2) is 0 Å². The van der Waals surface area contributed by atoms with Gasteiger partial charge < -0.3 is 5.32 Å². The van der Waals surface area contributed by atoms with Crippen molar-refractivity contribution in [3.05, 3.63) is 52.9 Å². The van der Waals surface area contributed by atoms with Crippen LogP contribution in [-0.2, 0) is 13.6 Å². The molecule has 0 aliphatic heterocycles. The maximum atomic E-state index is 6.19. The summed E-state index contributed by atoms with van der Waals surface area (Å²) in [5.74, 6) is 0. The third kappa shape index (κ3) is 2.34. The quantitative estimate of drug-likeness (QED) is 0.801. The zero-order valence-corrected chi connectivity index (χ0v) is 12.1. The molecule has 0 amide bonds. The van der Waals surface area contributed by atoms with Crippen LogP contribution < -0.4 is 5.32 Å². The van der Waals surface area contributed by atoms with Gasteiger partial charge in [0.2, 0.25) is 0 Å². The molecular formula is C15H15ClN4. The number of aryl methyl sites for hydroxylation is 2. The standard InChI is InChI=1S/C15H15ClN4/c1-10-11(9-20(2)19-10)8-18-14-6-5-13(16)12-4-3-7-17-15(12)14/h3-7,9,18H,8H2,1-2H3. The highest BCUT2D eigenvalue weighted by Gasteiger charge is 2.07. The summed E-state index contributed by atoms with van der Waals surface area (Å²) in [5.41, 5.74) is 4.08. The van der Waals surface area contributed by atoms with Crippen molar-refractivity contribution in [2.24, 2.45) is 7.05 Å². The van der Waals surface area contributed by atoms with E-state index < -0.39 is 0 Å². The number of halogens is 1. The minimum absolute atomic E-state index is 0.715. The Labute approximate surface area is 122 Å². The minimum Gasteiger partial charge on any atom is -0.379 e. The Morgan fingerprint density at radius 2 is 2.15 bits per heavy atom. The number of benzene rings is 1. The van der Waals surface area contributed by atoms with Crippen LogP contribution in [0, 0.1) is 6.92 Å². The van der Waals surface area contributed by atoms with Crippen molar-refractivity contribution in [3.63, 3.8) is 0 Å². The summed E-state index contributed by atoms with van der Waals surface area (Å²) >= 11 is 6.19. The molecule has 4 nitrogen and oxygen atoms in total. The summed E-state index contributed by atoms with van der Waals surface area (Å²) in [4.78, 5) is 4.41. The Hall–Kier alpha value is -2.07. The van der Waals surface area contributed by atoms with Crippen molar-refractivity contribution in [1.82, 2.24) is 14.8 Å². The highest BCUT2D eigenvalue weighted by Crippen LogP contribution is 2.28. The van der Waals surface area contributed by atoms with Crippen molar-refractivity contribution >= 4 is 28.2 Å². The number of nitrogens with one attached hydrogen (secondary N) is 1. The summed E-state index contributed by atoms with van der Waals surface area (Å²) in [6, 6.07) is 7.72. The van der Waals surface area contributed by atoms with E-state index in [-0.39, 0.29) is 0 Å². The fourth-order valence-electron chi connectivity index (χ4n) is 2.29. The predicted octanol–water partition coefficient (Wildman–Crippen LogP) is 3.54. The maximum absolute atomic E-state index is 6.19. The maximum Gasteiger partial charge on any atom is 0.0948 e. The van der Waals surface area contributed by atoms with Crippen molar-refractivity contribution in [2.75, 3.05) is 5.32 Å². The Kier molecular flexibility index (Phi) is 3.32. The lowest BCUT2D eigenvalue weighted by atomic mass is 10.2. The zero-order chi connectivity index (χ0) is 14.1. The van der Waals surface area contributed by atoms with E-state index in [9.17, 15) is 0 Å². The highest BCUT2D eigenvalue weighted by atomic mass is 35.5. The van der Waals surface area contributed by atoms with Crippen LogP contribution in [0.2, 0.25) is 5.02 Å². The van der Waals surface area contributed by atoms with Crippen molar-refractivity contribution < 1.29 is 0 Å². The fraction of sp³-hybridized carbons (Fsp3) is 0.200. The molecule has 102 valence electrons. The number of nitrogens with zero attached hydrogens (tertiary/aromatic N) is 3. The van der Waals surface area contributed by atoms with E-state index in [1.807, 2.05) is 49.1 Å². The lowest BCUT2D eigenvalue weighted by Gasteiger charge is -2.09. The number of hydrogen-bond acceptors (Lipinski definition) is 3. The second kappa shape index (κ2) is 5.13. The summed E-state index contributed by atoms with van der Waals surface area (Å²) < 4.78 is 1.82. The number of rotatable bonds is 3. The SMILES string of the molecule is Cc1nn(C)cc1CNc1ccc(Cl)c2cccnc12. The van der Waals surface area contributed by atoms with Gasteiger partial charge in [-0.3, -0.25) is 9.67 Å². The van der Waals surface area contributed by atoms with Gasteiger partial charge in [0.25, 0.3) is 0 Å². The number of hydrogen-bond donors (Lipinski definition) is 1. The molecule has 0 radical (unpaired) electrons. The number of anilines is 1. The molecule has 2 aromatic heterocycles. The van der Waals surface area contributed by atoms with Gasteiger partial charge in [-0.15, -0.1) is 0 Å². The van der Waals surface area contributed by atoms with E-state index in [0.29, 0.717) is 6.54 Å². The first-order chi connectivity index (χ1) is 9.65. The van der Waals surface area contributed by atoms with Crippen LogP contribution in [0.3, 0.4) is 0 Å². The molecule has 3 aromatic rings. The van der Waals surface area contributed by atoms with E-state index in [4.69, 9.17) is 11.6 Å². The van der Waals surface area contributed by atoms with Gasteiger partial charge in [0, 0.05) is 36.9 Å². The van der Waals surface area contributed by atoms with Gasteiger partial charge >= 0.3 is 0 Å². The number of fused-ring (bicyclic) bond motifs is 1. The minimum atomic E-state index is 0.715. The molecular weight excluding hydrogens is 272 g/mol. The van der Waals surface area contributed by atoms with Gasteiger partial charge in [0.1, 0.15) is 0 Å². The van der Waals surface area contributed by atoms with E-state index in [1.54, 1.807) is 6.20 Å². The van der Waals surface area contributed by atoms with Crippen LogP contribution >= 0.6 is 11.6 Å². The van der Waals surface area contributed by atoms with Crippen LogP contribution in [0.15, 0.2) is 36.7 Å². The van der Waals surface area contributed by atoms with Crippen molar-refractivity contribution in [2.45, 2.75) is 13.5 Å². The van der Waals surface area contributed by atoms with Crippen LogP contribution in [0.5, 0.6) is 0 Å². The normalized spacial score (nSPS) is 10.9.